The molecule has 0 fully saturated rings. The van der Waals surface area contributed by atoms with E-state index in [1.807, 2.05) is 13.0 Å². The molecule has 1 aromatic heterocycles. The molecule has 0 atom stereocenters. The summed E-state index contributed by atoms with van der Waals surface area (Å²) in [6.45, 7) is 1.84. The number of rotatable bonds is 4. The molecular weight excluding hydrogens is 320 g/mol. The lowest BCUT2D eigenvalue weighted by atomic mass is 10.2. The van der Waals surface area contributed by atoms with Crippen molar-refractivity contribution in [1.29, 1.82) is 0 Å². The van der Waals surface area contributed by atoms with E-state index in [0.29, 0.717) is 10.7 Å². The molecule has 0 aliphatic rings. The molecular formula is C14H17ClN6O2. The Labute approximate surface area is 138 Å². The van der Waals surface area contributed by atoms with Crippen LogP contribution in [0.3, 0.4) is 0 Å². The van der Waals surface area contributed by atoms with Gasteiger partial charge in [-0.1, -0.05) is 22.9 Å². The highest BCUT2D eigenvalue weighted by Crippen LogP contribution is 2.20. The van der Waals surface area contributed by atoms with Gasteiger partial charge in [0.25, 0.3) is 0 Å². The molecule has 9 heteroatoms. The molecule has 0 aliphatic heterocycles. The van der Waals surface area contributed by atoms with Crippen molar-refractivity contribution in [3.8, 4) is 0 Å². The standard InChI is InChI=1S/C14H17ClN6O2/c1-9-4-5-10(15)6-11(9)16-13(22)8-21-7-12(18-19-21)17-14(23)20(2)3/h4-7H,8H2,1-3H3,(H,16,22)(H,17,23). The average Bonchev–Trinajstić information content (AvgIpc) is 2.89. The first-order chi connectivity index (χ1) is 10.8. The predicted molar refractivity (Wildman–Crippen MR) is 87.5 cm³/mol. The third-order valence-corrected chi connectivity index (χ3v) is 3.19. The van der Waals surface area contributed by atoms with Gasteiger partial charge in [0, 0.05) is 24.8 Å². The van der Waals surface area contributed by atoms with Gasteiger partial charge in [0.2, 0.25) is 5.91 Å². The smallest absolute Gasteiger partial charge is 0.322 e. The summed E-state index contributed by atoms with van der Waals surface area (Å²) >= 11 is 5.91. The number of aromatic nitrogens is 3. The lowest BCUT2D eigenvalue weighted by Crippen LogP contribution is -2.27. The highest BCUT2D eigenvalue weighted by molar-refractivity contribution is 6.31. The van der Waals surface area contributed by atoms with Crippen molar-refractivity contribution in [3.05, 3.63) is 35.0 Å². The van der Waals surface area contributed by atoms with Crippen LogP contribution in [0.15, 0.2) is 24.4 Å². The zero-order valence-electron chi connectivity index (χ0n) is 13.0. The van der Waals surface area contributed by atoms with Crippen molar-refractivity contribution in [3.63, 3.8) is 0 Å². The SMILES string of the molecule is Cc1ccc(Cl)cc1NC(=O)Cn1cc(NC(=O)N(C)C)nn1. The number of halogens is 1. The van der Waals surface area contributed by atoms with Crippen LogP contribution in [0.1, 0.15) is 5.56 Å². The Morgan fingerprint density at radius 1 is 1.30 bits per heavy atom. The first-order valence-corrected chi connectivity index (χ1v) is 7.17. The van der Waals surface area contributed by atoms with Crippen molar-refractivity contribution in [2.75, 3.05) is 24.7 Å². The number of amides is 3. The predicted octanol–water partition coefficient (Wildman–Crippen LogP) is 1.97. The second-order valence-electron chi connectivity index (χ2n) is 5.13. The Hall–Kier alpha value is -2.61. The molecule has 0 spiro atoms. The third kappa shape index (κ3) is 4.68. The van der Waals surface area contributed by atoms with Gasteiger partial charge in [-0.05, 0) is 24.6 Å². The molecule has 1 aromatic carbocycles. The number of nitrogens with zero attached hydrogens (tertiary/aromatic N) is 4. The summed E-state index contributed by atoms with van der Waals surface area (Å²) in [7, 11) is 3.22. The molecule has 0 unspecified atom stereocenters. The number of anilines is 2. The summed E-state index contributed by atoms with van der Waals surface area (Å²) in [6.07, 6.45) is 1.48. The molecule has 23 heavy (non-hydrogen) atoms. The lowest BCUT2D eigenvalue weighted by molar-refractivity contribution is -0.116. The molecule has 2 N–H and O–H groups in total. The van der Waals surface area contributed by atoms with Gasteiger partial charge in [0.05, 0.1) is 6.20 Å². The molecule has 8 nitrogen and oxygen atoms in total. The number of carbonyl (C=O) groups is 2. The zero-order valence-corrected chi connectivity index (χ0v) is 13.8. The molecule has 0 radical (unpaired) electrons. The van der Waals surface area contributed by atoms with Crippen molar-refractivity contribution in [2.45, 2.75) is 13.5 Å². The number of nitrogens with one attached hydrogen (secondary N) is 2. The van der Waals surface area contributed by atoms with Crippen LogP contribution in [0.4, 0.5) is 16.3 Å². The van der Waals surface area contributed by atoms with Crippen LogP contribution in [-0.4, -0.2) is 45.9 Å². The molecule has 1 heterocycles. The van der Waals surface area contributed by atoms with E-state index in [-0.39, 0.29) is 24.3 Å². The maximum atomic E-state index is 12.0. The summed E-state index contributed by atoms with van der Waals surface area (Å²) in [6, 6.07) is 4.93. The number of benzene rings is 1. The van der Waals surface area contributed by atoms with Crippen molar-refractivity contribution in [1.82, 2.24) is 19.9 Å². The van der Waals surface area contributed by atoms with Crippen LogP contribution < -0.4 is 10.6 Å². The average molecular weight is 337 g/mol. The van der Waals surface area contributed by atoms with Gasteiger partial charge >= 0.3 is 6.03 Å². The molecule has 2 aromatic rings. The number of hydrogen-bond acceptors (Lipinski definition) is 4. The molecule has 0 bridgehead atoms. The van der Waals surface area contributed by atoms with E-state index in [4.69, 9.17) is 11.6 Å². The number of hydrogen-bond donors (Lipinski definition) is 2. The highest BCUT2D eigenvalue weighted by atomic mass is 35.5. The molecule has 0 saturated heterocycles. The van der Waals surface area contributed by atoms with Crippen LogP contribution in [0, 0.1) is 6.92 Å². The van der Waals surface area contributed by atoms with Crippen molar-refractivity contribution >= 4 is 35.0 Å². The first-order valence-electron chi connectivity index (χ1n) is 6.79. The van der Waals surface area contributed by atoms with E-state index in [1.165, 1.54) is 15.8 Å². The summed E-state index contributed by atoms with van der Waals surface area (Å²) in [5, 5.41) is 13.4. The van der Waals surface area contributed by atoms with E-state index in [2.05, 4.69) is 20.9 Å². The normalized spacial score (nSPS) is 10.3. The Bertz CT molecular complexity index is 728. The molecule has 2 rings (SSSR count). The summed E-state index contributed by atoms with van der Waals surface area (Å²) in [5.74, 6) is 0.00110. The third-order valence-electron chi connectivity index (χ3n) is 2.96. The van der Waals surface area contributed by atoms with E-state index >= 15 is 0 Å². The second-order valence-corrected chi connectivity index (χ2v) is 5.57. The Kier molecular flexibility index (Phi) is 5.17. The number of aryl methyl sites for hydroxylation is 1. The molecule has 122 valence electrons. The molecule has 3 amide bonds. The van der Waals surface area contributed by atoms with Crippen LogP contribution in [0.2, 0.25) is 5.02 Å². The van der Waals surface area contributed by atoms with Crippen molar-refractivity contribution < 1.29 is 9.59 Å². The fraction of sp³-hybridized carbons (Fsp3) is 0.286. The highest BCUT2D eigenvalue weighted by Gasteiger charge is 2.10. The van der Waals surface area contributed by atoms with Gasteiger partial charge in [0.15, 0.2) is 5.82 Å². The fourth-order valence-electron chi connectivity index (χ4n) is 1.72. The maximum Gasteiger partial charge on any atom is 0.322 e. The van der Waals surface area contributed by atoms with E-state index in [1.54, 1.807) is 26.2 Å². The minimum atomic E-state index is -0.323. The van der Waals surface area contributed by atoms with Gasteiger partial charge in [-0.2, -0.15) is 0 Å². The lowest BCUT2D eigenvalue weighted by Gasteiger charge is -2.09. The fourth-order valence-corrected chi connectivity index (χ4v) is 1.89. The zero-order chi connectivity index (χ0) is 17.0. The minimum Gasteiger partial charge on any atom is -0.331 e. The van der Waals surface area contributed by atoms with Gasteiger partial charge in [0.1, 0.15) is 6.54 Å². The van der Waals surface area contributed by atoms with E-state index in [0.717, 1.165) is 5.56 Å². The van der Waals surface area contributed by atoms with Crippen LogP contribution in [0.5, 0.6) is 0 Å². The van der Waals surface area contributed by atoms with Crippen LogP contribution in [-0.2, 0) is 11.3 Å². The monoisotopic (exact) mass is 336 g/mol. The van der Waals surface area contributed by atoms with E-state index < -0.39 is 0 Å². The number of urea groups is 1. The minimum absolute atomic E-state index is 0.0310. The van der Waals surface area contributed by atoms with Crippen LogP contribution >= 0.6 is 11.6 Å². The summed E-state index contributed by atoms with van der Waals surface area (Å²) < 4.78 is 1.33. The Balaban J connectivity index is 1.97. The topological polar surface area (TPSA) is 92.2 Å². The van der Waals surface area contributed by atoms with Gasteiger partial charge < -0.3 is 10.2 Å². The van der Waals surface area contributed by atoms with Crippen LogP contribution in [0.25, 0.3) is 0 Å². The van der Waals surface area contributed by atoms with Crippen molar-refractivity contribution in [2.24, 2.45) is 0 Å². The quantitative estimate of drug-likeness (QED) is 0.892. The largest absolute Gasteiger partial charge is 0.331 e. The van der Waals surface area contributed by atoms with Gasteiger partial charge in [-0.3, -0.25) is 10.1 Å². The Morgan fingerprint density at radius 2 is 2.04 bits per heavy atom. The summed E-state index contributed by atoms with van der Waals surface area (Å²) in [4.78, 5) is 24.9. The molecule has 0 aliphatic carbocycles. The molecule has 0 saturated carbocycles. The van der Waals surface area contributed by atoms with Gasteiger partial charge in [-0.25, -0.2) is 9.48 Å². The first kappa shape index (κ1) is 16.8. The maximum absolute atomic E-state index is 12.0. The second kappa shape index (κ2) is 7.10. The van der Waals surface area contributed by atoms with E-state index in [9.17, 15) is 9.59 Å². The Morgan fingerprint density at radius 3 is 2.74 bits per heavy atom. The summed E-state index contributed by atoms with van der Waals surface area (Å²) in [5.41, 5.74) is 1.55. The van der Waals surface area contributed by atoms with Gasteiger partial charge in [-0.15, -0.1) is 5.10 Å². The number of carbonyl (C=O) groups excluding carboxylic acids is 2.